The van der Waals surface area contributed by atoms with Crippen molar-refractivity contribution in [1.29, 1.82) is 0 Å². The Labute approximate surface area is 92.8 Å². The van der Waals surface area contributed by atoms with Crippen LogP contribution in [-0.4, -0.2) is 0 Å². The molecule has 0 saturated heterocycles. The van der Waals surface area contributed by atoms with Crippen molar-refractivity contribution in [2.75, 3.05) is 0 Å². The van der Waals surface area contributed by atoms with Gasteiger partial charge in [0.25, 0.3) is 0 Å². The molecule has 0 aromatic rings. The average molecular weight is 317 g/mol. The molecule has 0 aliphatic rings. The summed E-state index contributed by atoms with van der Waals surface area (Å²) in [6.07, 6.45) is 0. The van der Waals surface area contributed by atoms with Crippen molar-refractivity contribution in [3.8, 4) is 0 Å². The quantitative estimate of drug-likeness (QED) is 0.408. The summed E-state index contributed by atoms with van der Waals surface area (Å²) in [5.41, 5.74) is 0. The van der Waals surface area contributed by atoms with Gasteiger partial charge in [-0.2, -0.15) is 15.6 Å². The van der Waals surface area contributed by atoms with Gasteiger partial charge in [-0.1, -0.05) is 0 Å². The molecule has 0 aromatic heterocycles. The molecular weight excluding hydrogens is 309 g/mol. The first-order chi connectivity index (χ1) is 4.00. The molecule has 0 heterocycles. The van der Waals surface area contributed by atoms with Gasteiger partial charge >= 0.3 is 26.2 Å². The molecule has 0 fully saturated rings. The van der Waals surface area contributed by atoms with Crippen molar-refractivity contribution >= 4 is 15.6 Å². The molecule has 80 valence electrons. The Morgan fingerprint density at radius 1 is 0.615 bits per heavy atom. The third-order valence-electron chi connectivity index (χ3n) is 0. The van der Waals surface area contributed by atoms with E-state index in [2.05, 4.69) is 0 Å². The van der Waals surface area contributed by atoms with Gasteiger partial charge in [-0.15, -0.1) is 0 Å². The Kier molecular flexibility index (Phi) is 24.9. The van der Waals surface area contributed by atoms with Crippen LogP contribution in [0.4, 0.5) is 0 Å². The zero-order valence-electron chi connectivity index (χ0n) is 6.66. The van der Waals surface area contributed by atoms with E-state index in [4.69, 9.17) is 38.5 Å². The third kappa shape index (κ3) is 1510. The predicted octanol–water partition coefficient (Wildman–Crippen LogP) is -4.90. The summed E-state index contributed by atoms with van der Waals surface area (Å²) in [5.74, 6) is 0. The number of hydrogen-bond acceptors (Lipinski definition) is 8. The van der Waals surface area contributed by atoms with Crippen LogP contribution in [0.15, 0.2) is 0 Å². The molecule has 0 aliphatic heterocycles. The molecule has 13 heteroatoms. The first kappa shape index (κ1) is 29.2. The molecule has 0 spiro atoms. The molecule has 0 atom stereocenters. The minimum absolute atomic E-state index is 0. The molecule has 8 N–H and O–H groups in total. The molecule has 0 bridgehead atoms. The van der Waals surface area contributed by atoms with Crippen LogP contribution in [-0.2, 0) is 35.3 Å². The predicted molar refractivity (Wildman–Crippen MR) is 27.2 cm³/mol. The molecule has 0 saturated carbocycles. The van der Waals surface area contributed by atoms with Gasteiger partial charge in [0.2, 0.25) is 0 Å². The maximum atomic E-state index is 8.55. The number of rotatable bonds is 0. The zero-order valence-corrected chi connectivity index (χ0v) is 10.9. The Hall–Kier alpha value is 1.02. The normalized spacial score (nSPS) is 9.08. The van der Waals surface area contributed by atoms with Gasteiger partial charge in [0.15, 0.2) is 0 Å². The Morgan fingerprint density at radius 2 is 0.615 bits per heavy atom. The molecule has 0 rings (SSSR count). The van der Waals surface area contributed by atoms with Gasteiger partial charge in [0.05, 0.1) is 0 Å². The summed E-state index contributed by atoms with van der Waals surface area (Å²) in [6, 6.07) is 0. The van der Waals surface area contributed by atoms with E-state index in [9.17, 15) is 0 Å². The van der Waals surface area contributed by atoms with E-state index >= 15 is 0 Å². The maximum absolute atomic E-state index is 8.55. The smallest absolute Gasteiger partial charge is 0.822 e. The second-order valence-corrected chi connectivity index (χ2v) is 2.68. The van der Waals surface area contributed by atoms with Crippen molar-refractivity contribution < 1.29 is 64.7 Å². The van der Waals surface area contributed by atoms with Crippen LogP contribution in [0.2, 0.25) is 0 Å². The number of quaternary nitrogens is 2. The van der Waals surface area contributed by atoms with Crippen molar-refractivity contribution in [3.05, 3.63) is 0 Å². The third-order valence-corrected chi connectivity index (χ3v) is 0. The molecular formula is H8N2O8P2Zr. The first-order valence-electron chi connectivity index (χ1n) is 1.46. The van der Waals surface area contributed by atoms with E-state index in [0.29, 0.717) is 0 Å². The van der Waals surface area contributed by atoms with Crippen LogP contribution < -0.4 is 41.7 Å². The summed E-state index contributed by atoms with van der Waals surface area (Å²) in [4.78, 5) is 51.3. The SMILES string of the molecule is O=P([O-])([O-])[O-].O=P([O-])([O-])[O-].[NH4+].[NH4+].[Zr+4]. The zero-order chi connectivity index (χ0) is 9.00. The van der Waals surface area contributed by atoms with Crippen LogP contribution in [0.3, 0.4) is 0 Å². The van der Waals surface area contributed by atoms with Crippen LogP contribution in [0.25, 0.3) is 0 Å². The van der Waals surface area contributed by atoms with Gasteiger partial charge in [-0.3, -0.25) is 0 Å². The van der Waals surface area contributed by atoms with Crippen molar-refractivity contribution in [2.45, 2.75) is 0 Å². The van der Waals surface area contributed by atoms with Crippen LogP contribution in [0.5, 0.6) is 0 Å². The molecule has 10 nitrogen and oxygen atoms in total. The van der Waals surface area contributed by atoms with E-state index in [1.165, 1.54) is 0 Å². The molecule has 13 heavy (non-hydrogen) atoms. The number of phosphoric acid groups is 2. The average Bonchev–Trinajstić information content (AvgIpc) is 1.12. The van der Waals surface area contributed by atoms with Crippen molar-refractivity contribution in [2.24, 2.45) is 0 Å². The van der Waals surface area contributed by atoms with Gasteiger partial charge in [0.1, 0.15) is 0 Å². The molecule has 0 radical (unpaired) electrons. The fourth-order valence-corrected chi connectivity index (χ4v) is 0. The molecule has 0 amide bonds. The van der Waals surface area contributed by atoms with Crippen LogP contribution in [0, 0.1) is 0 Å². The Balaban J connectivity index is -0.0000000267. The van der Waals surface area contributed by atoms with Crippen molar-refractivity contribution in [1.82, 2.24) is 12.3 Å². The largest absolute Gasteiger partial charge is 4.00 e. The van der Waals surface area contributed by atoms with Crippen LogP contribution >= 0.6 is 15.6 Å². The van der Waals surface area contributed by atoms with E-state index in [-0.39, 0.29) is 38.5 Å². The van der Waals surface area contributed by atoms with E-state index in [0.717, 1.165) is 0 Å². The summed E-state index contributed by atoms with van der Waals surface area (Å²) in [6.45, 7) is 0. The van der Waals surface area contributed by atoms with E-state index in [1.54, 1.807) is 0 Å². The first-order valence-corrected chi connectivity index (χ1v) is 4.38. The van der Waals surface area contributed by atoms with Gasteiger partial charge in [0, 0.05) is 0 Å². The number of hydrogen-bond donors (Lipinski definition) is 2. The summed E-state index contributed by atoms with van der Waals surface area (Å²) in [7, 11) is -10.8. The minimum atomic E-state index is -5.39. The fourth-order valence-electron chi connectivity index (χ4n) is 0. The van der Waals surface area contributed by atoms with Gasteiger partial charge < -0.3 is 50.8 Å². The van der Waals surface area contributed by atoms with Crippen LogP contribution in [0.1, 0.15) is 0 Å². The second kappa shape index (κ2) is 11.1. The Bertz CT molecular complexity index is 132. The summed E-state index contributed by atoms with van der Waals surface area (Å²) < 4.78 is 17.1. The van der Waals surface area contributed by atoms with E-state index in [1.807, 2.05) is 0 Å². The monoisotopic (exact) mass is 316 g/mol. The second-order valence-electron chi connectivity index (χ2n) is 0.894. The summed E-state index contributed by atoms with van der Waals surface area (Å²) in [5, 5.41) is 0. The fraction of sp³-hybridized carbons (Fsp3) is 0. The standard InChI is InChI=1S/2H3N.2H3O4P.Zr/c;;2*1-5(2,3)4;/h2*1H3;2*(H3,1,2,3,4);/q;;;;+4/p-4. The topological polar surface area (TPSA) is 246 Å². The summed E-state index contributed by atoms with van der Waals surface area (Å²) >= 11 is 0. The van der Waals surface area contributed by atoms with Crippen molar-refractivity contribution in [3.63, 3.8) is 0 Å². The van der Waals surface area contributed by atoms with Gasteiger partial charge in [-0.05, 0) is 0 Å². The molecule has 0 unspecified atom stereocenters. The minimum Gasteiger partial charge on any atom is -0.822 e. The van der Waals surface area contributed by atoms with Gasteiger partial charge in [-0.25, -0.2) is 0 Å². The Morgan fingerprint density at radius 3 is 0.615 bits per heavy atom. The molecule has 0 aromatic carbocycles. The maximum Gasteiger partial charge on any atom is 4.00 e. The molecule has 0 aliphatic carbocycles. The van der Waals surface area contributed by atoms with E-state index < -0.39 is 15.6 Å².